The van der Waals surface area contributed by atoms with Crippen molar-refractivity contribution in [2.45, 2.75) is 5.37 Å². The molecule has 0 aromatic heterocycles. The molecule has 5 nitrogen and oxygen atoms in total. The van der Waals surface area contributed by atoms with Gasteiger partial charge in [-0.1, -0.05) is 24.4 Å². The van der Waals surface area contributed by atoms with Crippen LogP contribution in [0.5, 0.6) is 0 Å². The number of nitrogens with zero attached hydrogens (tertiary/aromatic N) is 1. The Kier molecular flexibility index (Phi) is 4.04. The zero-order chi connectivity index (χ0) is 13.3. The number of carbonyl (C=O) groups is 2. The van der Waals surface area contributed by atoms with Gasteiger partial charge in [0.1, 0.15) is 12.0 Å². The van der Waals surface area contributed by atoms with Crippen LogP contribution in [0.25, 0.3) is 0 Å². The van der Waals surface area contributed by atoms with Gasteiger partial charge in [0.25, 0.3) is 0 Å². The standard InChI is InChI=1S/C11H13NO4S2/c1-3-4-16-10(15)7-11(17-2)18-9-6(5-13)8(14)12(7)9/h3,6,9,13H,1,4-5H2,2H3/t6?,9-/m1/s1. The molecule has 2 aliphatic rings. The quantitative estimate of drug-likeness (QED) is 0.458. The van der Waals surface area contributed by atoms with Crippen LogP contribution in [0.15, 0.2) is 22.6 Å². The second-order valence-corrected chi connectivity index (χ2v) is 5.93. The van der Waals surface area contributed by atoms with E-state index in [2.05, 4.69) is 6.58 Å². The highest BCUT2D eigenvalue weighted by Gasteiger charge is 2.55. The number of amides is 1. The molecule has 0 radical (unpaired) electrons. The number of fused-ring (bicyclic) bond motifs is 1. The fraction of sp³-hybridized carbons (Fsp3) is 0.455. The van der Waals surface area contributed by atoms with Crippen LogP contribution in [-0.4, -0.2) is 46.7 Å². The summed E-state index contributed by atoms with van der Waals surface area (Å²) in [6, 6.07) is 0. The number of esters is 1. The Morgan fingerprint density at radius 2 is 2.44 bits per heavy atom. The number of hydrogen-bond acceptors (Lipinski definition) is 6. The maximum atomic E-state index is 11.9. The van der Waals surface area contributed by atoms with Crippen LogP contribution in [-0.2, 0) is 14.3 Å². The van der Waals surface area contributed by atoms with Gasteiger partial charge in [-0.15, -0.1) is 11.8 Å². The third-order valence-corrected chi connectivity index (χ3v) is 5.26. The number of β-lactam (4-membered cyclic amide) rings is 1. The predicted molar refractivity (Wildman–Crippen MR) is 70.5 cm³/mol. The van der Waals surface area contributed by atoms with E-state index in [9.17, 15) is 9.59 Å². The van der Waals surface area contributed by atoms with Gasteiger partial charge >= 0.3 is 5.97 Å². The summed E-state index contributed by atoms with van der Waals surface area (Å²) < 4.78 is 5.74. The molecule has 0 aromatic carbocycles. The topological polar surface area (TPSA) is 66.8 Å². The van der Waals surface area contributed by atoms with E-state index >= 15 is 0 Å². The Labute approximate surface area is 113 Å². The maximum absolute atomic E-state index is 11.9. The van der Waals surface area contributed by atoms with E-state index in [0.29, 0.717) is 5.70 Å². The monoisotopic (exact) mass is 287 g/mol. The molecule has 18 heavy (non-hydrogen) atoms. The van der Waals surface area contributed by atoms with Crippen LogP contribution in [0.3, 0.4) is 0 Å². The van der Waals surface area contributed by atoms with Crippen molar-refractivity contribution in [1.29, 1.82) is 0 Å². The molecule has 1 unspecified atom stereocenters. The first-order valence-electron chi connectivity index (χ1n) is 5.32. The minimum atomic E-state index is -0.515. The lowest BCUT2D eigenvalue weighted by molar-refractivity contribution is -0.154. The van der Waals surface area contributed by atoms with Crippen LogP contribution in [0.4, 0.5) is 0 Å². The summed E-state index contributed by atoms with van der Waals surface area (Å²) in [5.41, 5.74) is 0.300. The highest BCUT2D eigenvalue weighted by molar-refractivity contribution is 8.22. The third kappa shape index (κ3) is 1.96. The second-order valence-electron chi connectivity index (χ2n) is 3.73. The average Bonchev–Trinajstić information content (AvgIpc) is 2.71. The Hall–Kier alpha value is -0.920. The van der Waals surface area contributed by atoms with E-state index in [1.54, 1.807) is 0 Å². The number of rotatable bonds is 5. The normalized spacial score (nSPS) is 25.9. The predicted octanol–water partition coefficient (Wildman–Crippen LogP) is 0.771. The number of aliphatic hydroxyl groups is 1. The molecule has 1 amide bonds. The summed E-state index contributed by atoms with van der Waals surface area (Å²) in [5, 5.41) is 8.94. The summed E-state index contributed by atoms with van der Waals surface area (Å²) in [6.45, 7) is 3.39. The van der Waals surface area contributed by atoms with Crippen molar-refractivity contribution in [2.24, 2.45) is 5.92 Å². The molecular weight excluding hydrogens is 274 g/mol. The van der Waals surface area contributed by atoms with Crippen LogP contribution in [0.1, 0.15) is 0 Å². The first-order chi connectivity index (χ1) is 8.65. The SMILES string of the molecule is C=CCOC(=O)C1=C(SC)S[C@@H]2C(CO)C(=O)N12. The van der Waals surface area contributed by atoms with E-state index in [1.807, 2.05) is 6.26 Å². The molecule has 0 aliphatic carbocycles. The van der Waals surface area contributed by atoms with Crippen molar-refractivity contribution >= 4 is 35.4 Å². The highest BCUT2D eigenvalue weighted by Crippen LogP contribution is 2.52. The van der Waals surface area contributed by atoms with Crippen molar-refractivity contribution in [3.8, 4) is 0 Å². The molecule has 2 rings (SSSR count). The lowest BCUT2D eigenvalue weighted by Crippen LogP contribution is -2.58. The second kappa shape index (κ2) is 5.38. The fourth-order valence-corrected chi connectivity index (χ4v) is 4.11. The van der Waals surface area contributed by atoms with E-state index in [1.165, 1.54) is 34.5 Å². The number of hydrogen-bond donors (Lipinski definition) is 1. The summed E-state index contributed by atoms with van der Waals surface area (Å²) >= 11 is 2.83. The molecule has 0 spiro atoms. The van der Waals surface area contributed by atoms with E-state index < -0.39 is 11.9 Å². The zero-order valence-electron chi connectivity index (χ0n) is 9.79. The number of carbonyl (C=O) groups excluding carboxylic acids is 2. The molecule has 0 aromatic rings. The molecule has 7 heteroatoms. The summed E-state index contributed by atoms with van der Waals surface area (Å²) in [4.78, 5) is 25.1. The molecule has 1 saturated heterocycles. The lowest BCUT2D eigenvalue weighted by Gasteiger charge is -2.41. The average molecular weight is 287 g/mol. The van der Waals surface area contributed by atoms with E-state index in [4.69, 9.17) is 9.84 Å². The molecule has 98 valence electrons. The Morgan fingerprint density at radius 1 is 1.72 bits per heavy atom. The summed E-state index contributed by atoms with van der Waals surface area (Å²) in [6.07, 6.45) is 3.32. The molecule has 0 saturated carbocycles. The van der Waals surface area contributed by atoms with Crippen molar-refractivity contribution < 1.29 is 19.4 Å². The number of ether oxygens (including phenoxy) is 1. The minimum Gasteiger partial charge on any atom is -0.457 e. The van der Waals surface area contributed by atoms with Crippen molar-refractivity contribution in [3.63, 3.8) is 0 Å². The van der Waals surface area contributed by atoms with Crippen LogP contribution >= 0.6 is 23.5 Å². The van der Waals surface area contributed by atoms with Crippen molar-refractivity contribution in [3.05, 3.63) is 22.6 Å². The number of thioether (sulfide) groups is 2. The van der Waals surface area contributed by atoms with E-state index in [0.717, 1.165) is 4.24 Å². The van der Waals surface area contributed by atoms with Gasteiger partial charge < -0.3 is 9.84 Å². The third-order valence-electron chi connectivity index (χ3n) is 2.72. The Balaban J connectivity index is 2.19. The molecular formula is C11H13NO4S2. The van der Waals surface area contributed by atoms with E-state index in [-0.39, 0.29) is 24.5 Å². The van der Waals surface area contributed by atoms with Gasteiger partial charge in [-0.3, -0.25) is 9.69 Å². The Bertz CT molecular complexity index is 435. The first-order valence-corrected chi connectivity index (χ1v) is 7.43. The van der Waals surface area contributed by atoms with Gasteiger partial charge in [-0.25, -0.2) is 4.79 Å². The van der Waals surface area contributed by atoms with Crippen LogP contribution in [0, 0.1) is 5.92 Å². The molecule has 1 fully saturated rings. The Morgan fingerprint density at radius 3 is 3.00 bits per heavy atom. The van der Waals surface area contributed by atoms with Crippen LogP contribution in [0.2, 0.25) is 0 Å². The fourth-order valence-electron chi connectivity index (χ4n) is 1.86. The maximum Gasteiger partial charge on any atom is 0.357 e. The van der Waals surface area contributed by atoms with Gasteiger partial charge in [-0.05, 0) is 6.26 Å². The van der Waals surface area contributed by atoms with Gasteiger partial charge in [0.15, 0.2) is 5.70 Å². The minimum absolute atomic E-state index is 0.116. The zero-order valence-corrected chi connectivity index (χ0v) is 11.4. The molecule has 2 atom stereocenters. The highest BCUT2D eigenvalue weighted by atomic mass is 32.2. The largest absolute Gasteiger partial charge is 0.457 e. The summed E-state index contributed by atoms with van der Waals surface area (Å²) in [7, 11) is 0. The van der Waals surface area contributed by atoms with Crippen molar-refractivity contribution in [1.82, 2.24) is 4.90 Å². The molecule has 0 bridgehead atoms. The molecule has 2 heterocycles. The van der Waals surface area contributed by atoms with Crippen molar-refractivity contribution in [2.75, 3.05) is 19.5 Å². The molecule has 1 N–H and O–H groups in total. The first kappa shape index (κ1) is 13.5. The van der Waals surface area contributed by atoms with Gasteiger partial charge in [0, 0.05) is 0 Å². The van der Waals surface area contributed by atoms with Crippen LogP contribution < -0.4 is 0 Å². The number of aliphatic hydroxyl groups excluding tert-OH is 1. The summed E-state index contributed by atoms with van der Waals surface area (Å²) in [5.74, 6) is -1.15. The lowest BCUT2D eigenvalue weighted by atomic mass is 9.99. The molecule has 2 aliphatic heterocycles. The van der Waals surface area contributed by atoms with Gasteiger partial charge in [-0.2, -0.15) is 0 Å². The van der Waals surface area contributed by atoms with Gasteiger partial charge in [0.05, 0.1) is 16.8 Å². The smallest absolute Gasteiger partial charge is 0.357 e. The van der Waals surface area contributed by atoms with Gasteiger partial charge in [0.2, 0.25) is 5.91 Å².